The number of nitrogens with two attached hydrogens (primary N) is 1. The van der Waals surface area contributed by atoms with Gasteiger partial charge in [-0.25, -0.2) is 22.6 Å². The van der Waals surface area contributed by atoms with Crippen molar-refractivity contribution in [2.45, 2.75) is 108 Å². The number of aryl methyl sites for hydroxylation is 1. The molecule has 2 unspecified atom stereocenters. The third kappa shape index (κ3) is 16.2. The second-order valence-electron chi connectivity index (χ2n) is 20.5. The quantitative estimate of drug-likeness (QED) is 0.0207. The summed E-state index contributed by atoms with van der Waals surface area (Å²) in [6.07, 6.45) is -10.3. The van der Waals surface area contributed by atoms with Crippen LogP contribution in [0, 0.1) is 36.3 Å². The number of carbonyl (C=O) groups is 2. The minimum absolute atomic E-state index is 0.0838. The Morgan fingerprint density at radius 2 is 1.66 bits per heavy atom. The maximum atomic E-state index is 15.4. The summed E-state index contributed by atoms with van der Waals surface area (Å²) in [6.45, 7) is 5.48. The van der Waals surface area contributed by atoms with Crippen molar-refractivity contribution in [1.29, 1.82) is 0 Å². The van der Waals surface area contributed by atoms with Crippen molar-refractivity contribution in [1.82, 2.24) is 20.1 Å². The molecular weight excluding hydrogens is 1220 g/mol. The molecule has 1 saturated carbocycles. The van der Waals surface area contributed by atoms with E-state index in [9.17, 15) is 73.1 Å². The molecule has 0 radical (unpaired) electrons. The molecule has 31 heteroatoms. The number of anilines is 1. The highest BCUT2D eigenvalue weighted by atomic mass is 35.5. The lowest BCUT2D eigenvalue weighted by Gasteiger charge is -2.31. The summed E-state index contributed by atoms with van der Waals surface area (Å²) >= 11 is 7.55. The first kappa shape index (κ1) is 66.5. The van der Waals surface area contributed by atoms with Crippen molar-refractivity contribution in [2.75, 3.05) is 23.4 Å². The first-order chi connectivity index (χ1) is 38.1. The number of halogens is 11. The number of amides is 2. The molecule has 2 amide bonds. The SMILES string of the molecule is CSN(C(=O)CC(C)(C)c1c(C)cc(CP(O)O)cc1OP(=O)(O)O)c1nn(CC(F)(F)F)c2c(-c3ccc(C#CC(C)(C)S(C)=O)nc3C(Cc3cc(F)cc(F)c3)NC(=O)CN=C3/C(=C(\N)C(F)(F)F)[C@@H](C)CC3(F)F)ccc(Cl)c12. The number of pyridine rings is 1. The summed E-state index contributed by atoms with van der Waals surface area (Å²) in [7, 11) is -9.41. The average Bonchev–Trinajstić information content (AvgIpc) is 2.82. The van der Waals surface area contributed by atoms with Gasteiger partial charge in [0.15, 0.2) is 14.2 Å². The lowest BCUT2D eigenvalue weighted by molar-refractivity contribution is -0.141. The number of hydrogen-bond donors (Lipinski definition) is 6. The van der Waals surface area contributed by atoms with Crippen LogP contribution in [-0.2, 0) is 49.5 Å². The van der Waals surface area contributed by atoms with Crippen molar-refractivity contribution in [3.05, 3.63) is 116 Å². The summed E-state index contributed by atoms with van der Waals surface area (Å²) in [5.74, 6) is -5.15. The molecule has 3 atom stereocenters. The maximum Gasteiger partial charge on any atom is 0.524 e. The minimum atomic E-state index is -5.30. The number of rotatable bonds is 18. The Labute approximate surface area is 482 Å². The first-order valence-electron chi connectivity index (χ1n) is 24.4. The number of carbonyl (C=O) groups excluding carboxylic acids is 2. The van der Waals surface area contributed by atoms with Gasteiger partial charge in [0.05, 0.1) is 27.7 Å². The molecule has 2 heterocycles. The Morgan fingerprint density at radius 3 is 2.23 bits per heavy atom. The minimum Gasteiger partial charge on any atom is -0.404 e. The third-order valence-electron chi connectivity index (χ3n) is 13.0. The second kappa shape index (κ2) is 25.1. The fraction of sp³-hybridized carbons (Fsp3) is 0.404. The topological polar surface area (TPSA) is 243 Å². The molecular formula is C52H54ClF10N7O9P2S2. The molecule has 1 aliphatic carbocycles. The van der Waals surface area contributed by atoms with E-state index in [1.165, 1.54) is 77.5 Å². The number of alkyl halides is 8. The maximum absolute atomic E-state index is 15.4. The number of benzene rings is 3. The highest BCUT2D eigenvalue weighted by Crippen LogP contribution is 2.49. The van der Waals surface area contributed by atoms with Crippen molar-refractivity contribution >= 4 is 84.8 Å². The summed E-state index contributed by atoms with van der Waals surface area (Å²) in [6, 6.07) is 8.19. The smallest absolute Gasteiger partial charge is 0.404 e. The third-order valence-corrected chi connectivity index (χ3v) is 16.7. The van der Waals surface area contributed by atoms with Crippen LogP contribution >= 0.6 is 39.7 Å². The van der Waals surface area contributed by atoms with Crippen LogP contribution in [0.3, 0.4) is 0 Å². The fourth-order valence-electron chi connectivity index (χ4n) is 9.55. The van der Waals surface area contributed by atoms with E-state index in [0.717, 1.165) is 29.4 Å². The number of aliphatic imine (C=N–C) groups is 1. The number of phosphoric ester groups is 1. The van der Waals surface area contributed by atoms with Crippen LogP contribution in [0.4, 0.5) is 49.7 Å². The van der Waals surface area contributed by atoms with Crippen LogP contribution in [-0.4, -0.2) is 98.2 Å². The van der Waals surface area contributed by atoms with Crippen molar-refractivity contribution in [2.24, 2.45) is 16.6 Å². The van der Waals surface area contributed by atoms with E-state index >= 15 is 8.78 Å². The monoisotopic (exact) mass is 1270 g/mol. The van der Waals surface area contributed by atoms with E-state index in [2.05, 4.69) is 32.2 Å². The lowest BCUT2D eigenvalue weighted by atomic mass is 9.78. The highest BCUT2D eigenvalue weighted by Gasteiger charge is 2.52. The highest BCUT2D eigenvalue weighted by molar-refractivity contribution is 8.00. The standard InChI is InChI=1S/C52H54ClF10N7O9P2S2/c1-26-15-29(24-80(73)74)19-37(79-81(75,76)77)42(26)48(3,4)22-39(72)70(82-7)47-41-35(53)12-11-34(44(41)69(68-47)25-51(58,59)60)33-10-9-32(13-14-49(5,6)83(8)78)66-43(33)36(18-28-16-30(54)20-31(55)17-28)67-38(71)23-65-46-40(45(64)52(61,62)63)27(2)21-50(46,56)57/h9-12,15-17,19-20,27,36,73-74H,18,21-25,64H2,1-8H3,(H,67,71)(H2,75,76,77)/b45-40-,65-46?/t27-,36?,83?/m0/s1. The number of allylic oxidation sites excluding steroid dienone is 2. The zero-order chi connectivity index (χ0) is 62.3. The second-order valence-corrected chi connectivity index (χ2v) is 25.8. The molecule has 0 bridgehead atoms. The molecule has 0 saturated heterocycles. The van der Waals surface area contributed by atoms with E-state index in [-0.39, 0.29) is 55.8 Å². The molecule has 3 aromatic carbocycles. The van der Waals surface area contributed by atoms with Gasteiger partial charge in [0.25, 0.3) is 5.92 Å². The van der Waals surface area contributed by atoms with Crippen LogP contribution in [0.15, 0.2) is 70.9 Å². The van der Waals surface area contributed by atoms with Gasteiger partial charge in [0.2, 0.25) is 11.8 Å². The molecule has 7 N–H and O–H groups in total. The summed E-state index contributed by atoms with van der Waals surface area (Å²) in [4.78, 5) is 76.3. The number of nitrogens with one attached hydrogen (secondary N) is 1. The Balaban J connectivity index is 1.60. The zero-order valence-electron chi connectivity index (χ0n) is 45.1. The molecule has 6 rings (SSSR count). The molecule has 16 nitrogen and oxygen atoms in total. The Hall–Kier alpha value is -5.62. The van der Waals surface area contributed by atoms with Gasteiger partial charge in [-0.15, -0.1) is 0 Å². The van der Waals surface area contributed by atoms with Gasteiger partial charge in [0.1, 0.15) is 52.3 Å². The van der Waals surface area contributed by atoms with Gasteiger partial charge >= 0.3 is 20.2 Å². The van der Waals surface area contributed by atoms with Gasteiger partial charge in [-0.2, -0.15) is 40.2 Å². The van der Waals surface area contributed by atoms with Crippen molar-refractivity contribution in [3.8, 4) is 28.7 Å². The number of nitrogens with zero attached hydrogens (tertiary/aromatic N) is 5. The van der Waals surface area contributed by atoms with E-state index in [4.69, 9.17) is 21.9 Å². The number of aromatic nitrogens is 3. The Kier molecular flexibility index (Phi) is 20.2. The van der Waals surface area contributed by atoms with Crippen LogP contribution in [0.25, 0.3) is 22.0 Å². The molecule has 0 spiro atoms. The first-order valence-corrected chi connectivity index (χ1v) is 30.5. The predicted molar refractivity (Wildman–Crippen MR) is 296 cm³/mol. The van der Waals surface area contributed by atoms with E-state index in [1.54, 1.807) is 0 Å². The van der Waals surface area contributed by atoms with Crippen LogP contribution in [0.5, 0.6) is 5.75 Å². The van der Waals surface area contributed by atoms with E-state index < -0.39 is 157 Å². The van der Waals surface area contributed by atoms with Gasteiger partial charge < -0.3 is 25.4 Å². The summed E-state index contributed by atoms with van der Waals surface area (Å²) < 4.78 is 177. The molecule has 0 aliphatic heterocycles. The fourth-order valence-corrected chi connectivity index (χ4v) is 11.5. The largest absolute Gasteiger partial charge is 0.524 e. The molecule has 83 heavy (non-hydrogen) atoms. The average molecular weight is 1270 g/mol. The molecule has 5 aromatic rings. The van der Waals surface area contributed by atoms with Gasteiger partial charge in [-0.3, -0.25) is 33.3 Å². The number of fused-ring (bicyclic) bond motifs is 1. The van der Waals surface area contributed by atoms with Gasteiger partial charge in [0, 0.05) is 76.1 Å². The van der Waals surface area contributed by atoms with Crippen molar-refractivity contribution < 1.29 is 86.4 Å². The van der Waals surface area contributed by atoms with E-state index in [1.807, 2.05) is 0 Å². The van der Waals surface area contributed by atoms with Gasteiger partial charge in [-0.1, -0.05) is 50.4 Å². The Bertz CT molecular complexity index is 3550. The Morgan fingerprint density at radius 1 is 1.04 bits per heavy atom. The molecule has 450 valence electrons. The molecule has 1 fully saturated rings. The zero-order valence-corrected chi connectivity index (χ0v) is 49.3. The normalized spacial score (nSPS) is 16.9. The summed E-state index contributed by atoms with van der Waals surface area (Å²) in [5, 5.41) is 6.21. The molecule has 2 aromatic heterocycles. The van der Waals surface area contributed by atoms with Crippen LogP contribution in [0.2, 0.25) is 5.02 Å². The lowest BCUT2D eigenvalue weighted by Crippen LogP contribution is -2.34. The van der Waals surface area contributed by atoms with Crippen LogP contribution < -0.4 is 19.9 Å². The van der Waals surface area contributed by atoms with Crippen molar-refractivity contribution in [3.63, 3.8) is 0 Å². The summed E-state index contributed by atoms with van der Waals surface area (Å²) in [5.41, 5.74) is -1.35. The predicted octanol–water partition coefficient (Wildman–Crippen LogP) is 10.9. The van der Waals surface area contributed by atoms with Gasteiger partial charge in [-0.05, 0) is 104 Å². The van der Waals surface area contributed by atoms with E-state index in [0.29, 0.717) is 28.3 Å². The number of phosphoric acid groups is 1. The number of hydrogen-bond acceptors (Lipinski definition) is 12. The van der Waals surface area contributed by atoms with Crippen LogP contribution in [0.1, 0.15) is 87.1 Å². The molecule has 1 aliphatic rings.